The van der Waals surface area contributed by atoms with Crippen molar-refractivity contribution in [1.29, 1.82) is 0 Å². The molecule has 0 aromatic carbocycles. The van der Waals surface area contributed by atoms with E-state index in [2.05, 4.69) is 29.9 Å². The van der Waals surface area contributed by atoms with Gasteiger partial charge in [-0.2, -0.15) is 0 Å². The summed E-state index contributed by atoms with van der Waals surface area (Å²) in [7, 11) is 0. The number of hydrogen-bond acceptors (Lipinski definition) is 8. The molecule has 38 heavy (non-hydrogen) atoms. The number of carbonyl (C=O) groups excluding carboxylic acids is 1. The molecule has 2 aliphatic rings. The van der Waals surface area contributed by atoms with Crippen LogP contribution in [0.3, 0.4) is 0 Å². The number of alkyl halides is 3. The highest BCUT2D eigenvalue weighted by molar-refractivity contribution is 5.73. The number of amides is 1. The maximum atomic E-state index is 12.7. The van der Waals surface area contributed by atoms with Gasteiger partial charge in [0.15, 0.2) is 5.82 Å². The van der Waals surface area contributed by atoms with Crippen molar-refractivity contribution in [3.63, 3.8) is 0 Å². The quantitative estimate of drug-likeness (QED) is 0.505. The Morgan fingerprint density at radius 3 is 2.58 bits per heavy atom. The predicted molar refractivity (Wildman–Crippen MR) is 135 cm³/mol. The van der Waals surface area contributed by atoms with Gasteiger partial charge in [0.05, 0.1) is 0 Å². The number of pyridine rings is 2. The number of hydrogen-bond donors (Lipinski definition) is 1. The third-order valence-corrected chi connectivity index (χ3v) is 7.11. The van der Waals surface area contributed by atoms with Gasteiger partial charge in [-0.1, -0.05) is 0 Å². The first-order valence-electron chi connectivity index (χ1n) is 12.5. The zero-order valence-corrected chi connectivity index (χ0v) is 20.9. The van der Waals surface area contributed by atoms with Gasteiger partial charge in [0.25, 0.3) is 0 Å². The molecule has 2 fully saturated rings. The molecule has 5 rings (SSSR count). The first-order chi connectivity index (χ1) is 18.2. The van der Waals surface area contributed by atoms with Crippen LogP contribution in [0.1, 0.15) is 32.6 Å². The Labute approximate surface area is 218 Å². The van der Waals surface area contributed by atoms with Gasteiger partial charge in [0.2, 0.25) is 5.91 Å². The van der Waals surface area contributed by atoms with Crippen molar-refractivity contribution in [3.05, 3.63) is 48.9 Å². The zero-order chi connectivity index (χ0) is 26.8. The number of nitrogens with one attached hydrogen (secondary N) is 1. The van der Waals surface area contributed by atoms with E-state index in [-0.39, 0.29) is 22.9 Å². The average Bonchev–Trinajstić information content (AvgIpc) is 2.89. The molecule has 0 unspecified atom stereocenters. The van der Waals surface area contributed by atoms with E-state index >= 15 is 0 Å². The van der Waals surface area contributed by atoms with Crippen molar-refractivity contribution in [2.75, 3.05) is 36.4 Å². The maximum absolute atomic E-state index is 12.7. The Hall–Kier alpha value is -3.96. The second kappa shape index (κ2) is 10.4. The molecule has 0 radical (unpaired) electrons. The SMILES string of the molecule is CC(=O)N1CCCC2(CCN(c3cc(Nc4cc(OC(F)(F)F)ccn4)nc(-c4cccnc4)n3)CC2)C1. The summed E-state index contributed by atoms with van der Waals surface area (Å²) < 4.78 is 42.0. The van der Waals surface area contributed by atoms with Gasteiger partial charge < -0.3 is 19.9 Å². The smallest absolute Gasteiger partial charge is 0.406 e. The van der Waals surface area contributed by atoms with Crippen LogP contribution in [0, 0.1) is 5.41 Å². The number of piperidine rings is 2. The zero-order valence-electron chi connectivity index (χ0n) is 20.9. The van der Waals surface area contributed by atoms with E-state index in [0.717, 1.165) is 64.0 Å². The van der Waals surface area contributed by atoms with Gasteiger partial charge in [0.1, 0.15) is 23.2 Å². The van der Waals surface area contributed by atoms with Crippen LogP contribution in [0.15, 0.2) is 48.9 Å². The summed E-state index contributed by atoms with van der Waals surface area (Å²) >= 11 is 0. The topological polar surface area (TPSA) is 96.4 Å². The molecular weight excluding hydrogens is 499 g/mol. The first kappa shape index (κ1) is 25.7. The van der Waals surface area contributed by atoms with Gasteiger partial charge in [-0.15, -0.1) is 13.2 Å². The number of ether oxygens (including phenoxy) is 1. The Bertz CT molecular complexity index is 1280. The molecule has 1 amide bonds. The van der Waals surface area contributed by atoms with E-state index in [4.69, 9.17) is 4.98 Å². The van der Waals surface area contributed by atoms with Crippen molar-refractivity contribution in [2.45, 2.75) is 39.0 Å². The van der Waals surface area contributed by atoms with Crippen molar-refractivity contribution in [1.82, 2.24) is 24.8 Å². The van der Waals surface area contributed by atoms with Crippen molar-refractivity contribution in [2.24, 2.45) is 5.41 Å². The summed E-state index contributed by atoms with van der Waals surface area (Å²) in [5.41, 5.74) is 0.821. The monoisotopic (exact) mass is 527 g/mol. The van der Waals surface area contributed by atoms with Gasteiger partial charge in [0, 0.05) is 69.4 Å². The summed E-state index contributed by atoms with van der Waals surface area (Å²) in [6.45, 7) is 4.77. The molecule has 3 aromatic rings. The second-order valence-corrected chi connectivity index (χ2v) is 9.76. The minimum atomic E-state index is -4.81. The molecule has 0 aliphatic carbocycles. The Balaban J connectivity index is 1.39. The lowest BCUT2D eigenvalue weighted by molar-refractivity contribution is -0.274. The van der Waals surface area contributed by atoms with Crippen LogP contribution in [0.4, 0.5) is 30.6 Å². The summed E-state index contributed by atoms with van der Waals surface area (Å²) in [4.78, 5) is 33.7. The molecule has 1 N–H and O–H groups in total. The Morgan fingerprint density at radius 1 is 1.05 bits per heavy atom. The van der Waals surface area contributed by atoms with Crippen LogP contribution in [-0.4, -0.2) is 63.3 Å². The van der Waals surface area contributed by atoms with Crippen molar-refractivity contribution in [3.8, 4) is 17.1 Å². The molecule has 2 aliphatic heterocycles. The van der Waals surface area contributed by atoms with Crippen LogP contribution in [0.2, 0.25) is 0 Å². The molecular formula is C26H28F3N7O2. The molecule has 0 saturated carbocycles. The standard InChI is InChI=1S/C26H28F3N7O2/c1-18(37)36-11-3-6-25(17-36)7-12-35(13-8-25)23-15-22(33-24(34-23)19-4-2-9-30-16-19)32-21-14-20(5-10-31-21)38-26(27,28)29/h2,4-5,9-10,14-16H,3,6-8,11-13,17H2,1H3,(H,31,32,33,34). The molecule has 3 aromatic heterocycles. The van der Waals surface area contributed by atoms with Crippen molar-refractivity contribution >= 4 is 23.4 Å². The Morgan fingerprint density at radius 2 is 1.87 bits per heavy atom. The van der Waals surface area contributed by atoms with Gasteiger partial charge in [-0.3, -0.25) is 9.78 Å². The summed E-state index contributed by atoms with van der Waals surface area (Å²) in [6, 6.07) is 7.68. The third kappa shape index (κ3) is 6.12. The maximum Gasteiger partial charge on any atom is 0.573 e. The van der Waals surface area contributed by atoms with Crippen molar-refractivity contribution < 1.29 is 22.7 Å². The first-order valence-corrected chi connectivity index (χ1v) is 12.5. The highest BCUT2D eigenvalue weighted by atomic mass is 19.4. The Kier molecular flexibility index (Phi) is 7.04. The molecule has 1 spiro atoms. The number of anilines is 3. The fraction of sp³-hybridized carbons (Fsp3) is 0.423. The highest BCUT2D eigenvalue weighted by Crippen LogP contribution is 2.41. The molecule has 200 valence electrons. The molecule has 5 heterocycles. The molecule has 2 saturated heterocycles. The highest BCUT2D eigenvalue weighted by Gasteiger charge is 2.39. The summed E-state index contributed by atoms with van der Waals surface area (Å²) in [6.07, 6.45) is 3.71. The van der Waals surface area contributed by atoms with Crippen LogP contribution < -0.4 is 15.0 Å². The number of halogens is 3. The van der Waals surface area contributed by atoms with Gasteiger partial charge in [-0.05, 0) is 49.3 Å². The van der Waals surface area contributed by atoms with E-state index in [9.17, 15) is 18.0 Å². The lowest BCUT2D eigenvalue weighted by Gasteiger charge is -2.47. The van der Waals surface area contributed by atoms with E-state index in [1.165, 1.54) is 6.20 Å². The molecule has 0 bridgehead atoms. The lowest BCUT2D eigenvalue weighted by atomic mass is 9.72. The number of likely N-dealkylation sites (tertiary alicyclic amines) is 1. The fourth-order valence-corrected chi connectivity index (χ4v) is 5.19. The minimum Gasteiger partial charge on any atom is -0.406 e. The van der Waals surface area contributed by atoms with E-state index in [1.54, 1.807) is 31.5 Å². The van der Waals surface area contributed by atoms with Gasteiger partial charge >= 0.3 is 6.36 Å². The summed E-state index contributed by atoms with van der Waals surface area (Å²) in [5, 5.41) is 2.99. The van der Waals surface area contributed by atoms with E-state index in [1.807, 2.05) is 11.0 Å². The second-order valence-electron chi connectivity index (χ2n) is 9.76. The van der Waals surface area contributed by atoms with Crippen LogP contribution >= 0.6 is 0 Å². The normalized spacial score (nSPS) is 17.4. The third-order valence-electron chi connectivity index (χ3n) is 7.11. The van der Waals surface area contributed by atoms with Crippen LogP contribution in [0.5, 0.6) is 5.75 Å². The largest absolute Gasteiger partial charge is 0.573 e. The molecule has 9 nitrogen and oxygen atoms in total. The minimum absolute atomic E-state index is 0.115. The number of aromatic nitrogens is 4. The molecule has 0 atom stereocenters. The average molecular weight is 528 g/mol. The van der Waals surface area contributed by atoms with Crippen LogP contribution in [0.25, 0.3) is 11.4 Å². The van der Waals surface area contributed by atoms with E-state index < -0.39 is 6.36 Å². The fourth-order valence-electron chi connectivity index (χ4n) is 5.19. The van der Waals surface area contributed by atoms with Gasteiger partial charge in [-0.25, -0.2) is 15.0 Å². The van der Waals surface area contributed by atoms with E-state index in [0.29, 0.717) is 23.0 Å². The summed E-state index contributed by atoms with van der Waals surface area (Å²) in [5.74, 6) is 1.39. The predicted octanol–water partition coefficient (Wildman–Crippen LogP) is 4.80. The number of carbonyl (C=O) groups is 1. The molecule has 12 heteroatoms. The number of nitrogens with zero attached hydrogens (tertiary/aromatic N) is 6. The van der Waals surface area contributed by atoms with Crippen LogP contribution in [-0.2, 0) is 4.79 Å². The lowest BCUT2D eigenvalue weighted by Crippen LogP contribution is -2.50. The number of rotatable bonds is 5.